The number of amides is 2. The van der Waals surface area contributed by atoms with Crippen LogP contribution in [0.15, 0.2) is 24.3 Å². The molecule has 0 saturated carbocycles. The average molecular weight is 262 g/mol. The van der Waals surface area contributed by atoms with Gasteiger partial charge in [0.2, 0.25) is 0 Å². The highest BCUT2D eigenvalue weighted by atomic mass is 16.2. The van der Waals surface area contributed by atoms with Crippen LogP contribution in [0.2, 0.25) is 0 Å². The van der Waals surface area contributed by atoms with E-state index in [9.17, 15) is 4.79 Å². The Labute approximate surface area is 116 Å². The topological polar surface area (TPSA) is 41.1 Å². The van der Waals surface area contributed by atoms with Gasteiger partial charge in [0.1, 0.15) is 0 Å². The number of carbonyl (C=O) groups is 1. The molecule has 3 nitrogen and oxygen atoms in total. The van der Waals surface area contributed by atoms with Gasteiger partial charge in [-0.25, -0.2) is 4.79 Å². The first kappa shape index (κ1) is 15.5. The van der Waals surface area contributed by atoms with Crippen LogP contribution in [-0.2, 0) is 0 Å². The Morgan fingerprint density at radius 3 is 2.00 bits per heavy atom. The number of carbonyl (C=O) groups excluding carboxylic acids is 1. The zero-order valence-corrected chi connectivity index (χ0v) is 12.7. The van der Waals surface area contributed by atoms with Crippen molar-refractivity contribution in [1.29, 1.82) is 0 Å². The molecule has 1 rings (SSSR count). The van der Waals surface area contributed by atoms with E-state index in [2.05, 4.69) is 55.7 Å². The second-order valence-electron chi connectivity index (χ2n) is 5.47. The quantitative estimate of drug-likeness (QED) is 0.828. The summed E-state index contributed by atoms with van der Waals surface area (Å²) in [5.41, 5.74) is 2.45. The summed E-state index contributed by atoms with van der Waals surface area (Å²) in [6, 6.07) is 8.55. The van der Waals surface area contributed by atoms with E-state index in [1.165, 1.54) is 5.56 Å². The van der Waals surface area contributed by atoms with Gasteiger partial charge in [0.25, 0.3) is 0 Å². The van der Waals surface area contributed by atoms with Gasteiger partial charge >= 0.3 is 6.03 Å². The molecule has 106 valence electrons. The molecule has 0 radical (unpaired) electrons. The van der Waals surface area contributed by atoms with E-state index in [4.69, 9.17) is 0 Å². The van der Waals surface area contributed by atoms with E-state index in [1.54, 1.807) is 0 Å². The molecule has 2 N–H and O–H groups in total. The van der Waals surface area contributed by atoms with Crippen LogP contribution in [0, 0.1) is 0 Å². The van der Waals surface area contributed by atoms with Crippen molar-refractivity contribution in [3.05, 3.63) is 35.4 Å². The second-order valence-corrected chi connectivity index (χ2v) is 5.47. The van der Waals surface area contributed by atoms with Crippen molar-refractivity contribution in [3.63, 3.8) is 0 Å². The smallest absolute Gasteiger partial charge is 0.315 e. The molecule has 0 aliphatic heterocycles. The van der Waals surface area contributed by atoms with Crippen molar-refractivity contribution in [2.75, 3.05) is 0 Å². The van der Waals surface area contributed by atoms with Gasteiger partial charge in [-0.1, -0.05) is 45.0 Å². The van der Waals surface area contributed by atoms with Gasteiger partial charge in [-0.3, -0.25) is 0 Å². The third-order valence-corrected chi connectivity index (χ3v) is 3.44. The van der Waals surface area contributed by atoms with Crippen LogP contribution in [0.5, 0.6) is 0 Å². The van der Waals surface area contributed by atoms with Crippen LogP contribution in [0.4, 0.5) is 4.79 Å². The normalized spacial score (nSPS) is 14.0. The van der Waals surface area contributed by atoms with Crippen molar-refractivity contribution in [3.8, 4) is 0 Å². The first-order valence-electron chi connectivity index (χ1n) is 7.10. The van der Waals surface area contributed by atoms with Gasteiger partial charge in [-0.05, 0) is 37.3 Å². The third kappa shape index (κ3) is 4.93. The number of hydrogen-bond donors (Lipinski definition) is 2. The van der Waals surface area contributed by atoms with Crippen LogP contribution in [0.3, 0.4) is 0 Å². The summed E-state index contributed by atoms with van der Waals surface area (Å²) in [4.78, 5) is 11.7. The fourth-order valence-electron chi connectivity index (χ4n) is 1.82. The highest BCUT2D eigenvalue weighted by molar-refractivity contribution is 5.74. The molecule has 2 amide bonds. The Balaban J connectivity index is 2.57. The summed E-state index contributed by atoms with van der Waals surface area (Å²) >= 11 is 0. The molecular weight excluding hydrogens is 236 g/mol. The van der Waals surface area contributed by atoms with Gasteiger partial charge in [-0.2, -0.15) is 0 Å². The summed E-state index contributed by atoms with van der Waals surface area (Å²) in [5, 5.41) is 5.87. The summed E-state index contributed by atoms with van der Waals surface area (Å²) in [6.45, 7) is 10.4. The van der Waals surface area contributed by atoms with Gasteiger partial charge in [0, 0.05) is 6.04 Å². The molecule has 0 unspecified atom stereocenters. The fourth-order valence-corrected chi connectivity index (χ4v) is 1.82. The Kier molecular flexibility index (Phi) is 5.87. The second kappa shape index (κ2) is 7.17. The molecule has 1 aromatic rings. The van der Waals surface area contributed by atoms with E-state index in [0.29, 0.717) is 5.92 Å². The van der Waals surface area contributed by atoms with E-state index in [-0.39, 0.29) is 18.1 Å². The molecule has 0 heterocycles. The minimum absolute atomic E-state index is 0.0188. The Hall–Kier alpha value is -1.51. The van der Waals surface area contributed by atoms with Crippen molar-refractivity contribution >= 4 is 6.03 Å². The molecule has 0 spiro atoms. The maximum absolute atomic E-state index is 11.7. The lowest BCUT2D eigenvalue weighted by Gasteiger charge is -2.18. The number of hydrogen-bond acceptors (Lipinski definition) is 1. The standard InChI is InChI=1S/C16H26N2O/c1-6-12(4)17-16(19)18-13(5)15-9-7-14(8-10-15)11(2)3/h7-13H,6H2,1-5H3,(H2,17,18,19)/t12-,13-/m0/s1. The summed E-state index contributed by atoms with van der Waals surface area (Å²) in [6.07, 6.45) is 0.935. The zero-order chi connectivity index (χ0) is 14.4. The molecular formula is C16H26N2O. The highest BCUT2D eigenvalue weighted by Crippen LogP contribution is 2.18. The van der Waals surface area contributed by atoms with E-state index in [0.717, 1.165) is 12.0 Å². The largest absolute Gasteiger partial charge is 0.336 e. The predicted octanol–water partition coefficient (Wildman–Crippen LogP) is 3.97. The Morgan fingerprint density at radius 2 is 1.53 bits per heavy atom. The monoisotopic (exact) mass is 262 g/mol. The number of urea groups is 1. The zero-order valence-electron chi connectivity index (χ0n) is 12.7. The number of benzene rings is 1. The summed E-state index contributed by atoms with van der Waals surface area (Å²) < 4.78 is 0. The lowest BCUT2D eigenvalue weighted by Crippen LogP contribution is -2.41. The molecule has 0 aromatic heterocycles. The molecule has 3 heteroatoms. The predicted molar refractivity (Wildman–Crippen MR) is 80.4 cm³/mol. The fraction of sp³-hybridized carbons (Fsp3) is 0.562. The van der Waals surface area contributed by atoms with Crippen molar-refractivity contribution < 1.29 is 4.79 Å². The minimum atomic E-state index is -0.102. The number of rotatable bonds is 5. The molecule has 0 fully saturated rings. The lowest BCUT2D eigenvalue weighted by molar-refractivity contribution is 0.234. The third-order valence-electron chi connectivity index (χ3n) is 3.44. The SMILES string of the molecule is CC[C@H](C)NC(=O)N[C@@H](C)c1ccc(C(C)C)cc1. The summed E-state index contributed by atoms with van der Waals surface area (Å²) in [5.74, 6) is 0.533. The van der Waals surface area contributed by atoms with Gasteiger partial charge in [0.15, 0.2) is 0 Å². The maximum atomic E-state index is 11.7. The Morgan fingerprint density at radius 1 is 1.00 bits per heavy atom. The molecule has 2 atom stereocenters. The van der Waals surface area contributed by atoms with Crippen LogP contribution < -0.4 is 10.6 Å². The molecule has 0 aliphatic rings. The van der Waals surface area contributed by atoms with E-state index >= 15 is 0 Å². The van der Waals surface area contributed by atoms with Crippen LogP contribution in [0.1, 0.15) is 64.1 Å². The summed E-state index contributed by atoms with van der Waals surface area (Å²) in [7, 11) is 0. The first-order chi connectivity index (χ1) is 8.93. The maximum Gasteiger partial charge on any atom is 0.315 e. The van der Waals surface area contributed by atoms with E-state index < -0.39 is 0 Å². The van der Waals surface area contributed by atoms with Gasteiger partial charge in [0.05, 0.1) is 6.04 Å². The highest BCUT2D eigenvalue weighted by Gasteiger charge is 2.11. The number of nitrogens with one attached hydrogen (secondary N) is 2. The Bertz CT molecular complexity index is 398. The lowest BCUT2D eigenvalue weighted by atomic mass is 10.00. The molecule has 0 saturated heterocycles. The molecule has 1 aromatic carbocycles. The molecule has 19 heavy (non-hydrogen) atoms. The van der Waals surface area contributed by atoms with Crippen molar-refractivity contribution in [2.24, 2.45) is 0 Å². The van der Waals surface area contributed by atoms with Crippen LogP contribution in [0.25, 0.3) is 0 Å². The molecule has 0 aliphatic carbocycles. The van der Waals surface area contributed by atoms with Crippen molar-refractivity contribution in [1.82, 2.24) is 10.6 Å². The van der Waals surface area contributed by atoms with Crippen LogP contribution in [-0.4, -0.2) is 12.1 Å². The van der Waals surface area contributed by atoms with Gasteiger partial charge in [-0.15, -0.1) is 0 Å². The minimum Gasteiger partial charge on any atom is -0.336 e. The van der Waals surface area contributed by atoms with Crippen molar-refractivity contribution in [2.45, 2.75) is 59.0 Å². The van der Waals surface area contributed by atoms with Gasteiger partial charge < -0.3 is 10.6 Å². The van der Waals surface area contributed by atoms with E-state index in [1.807, 2.05) is 13.8 Å². The average Bonchev–Trinajstić information content (AvgIpc) is 2.38. The molecule has 0 bridgehead atoms. The first-order valence-corrected chi connectivity index (χ1v) is 7.10. The van der Waals surface area contributed by atoms with Crippen LogP contribution >= 0.6 is 0 Å².